The van der Waals surface area contributed by atoms with Crippen molar-refractivity contribution in [3.05, 3.63) is 23.8 Å². The van der Waals surface area contributed by atoms with Crippen molar-refractivity contribution in [2.45, 2.75) is 12.3 Å². The highest BCUT2D eigenvalue weighted by molar-refractivity contribution is 5.50. The van der Waals surface area contributed by atoms with Crippen LogP contribution in [0.1, 0.15) is 11.6 Å². The van der Waals surface area contributed by atoms with E-state index in [0.29, 0.717) is 5.56 Å². The number of hydrogen-bond donors (Lipinski definition) is 2. The standard InChI is InChI=1S/C9H9F2NO3/c10-9(11)14-7-3-1-2-5(6(12)4-13)8(7)15-9/h1-3,6,13H,4,12H2. The Morgan fingerprint density at radius 2 is 2.13 bits per heavy atom. The number of rotatable bonds is 2. The topological polar surface area (TPSA) is 64.7 Å². The van der Waals surface area contributed by atoms with Crippen LogP contribution in [0.15, 0.2) is 18.2 Å². The zero-order valence-electron chi connectivity index (χ0n) is 7.61. The lowest BCUT2D eigenvalue weighted by Crippen LogP contribution is -2.26. The Balaban J connectivity index is 2.41. The van der Waals surface area contributed by atoms with Gasteiger partial charge < -0.3 is 20.3 Å². The largest absolute Gasteiger partial charge is 0.586 e. The molecule has 6 heteroatoms. The Hall–Kier alpha value is -1.40. The van der Waals surface area contributed by atoms with E-state index in [-0.39, 0.29) is 18.1 Å². The van der Waals surface area contributed by atoms with Crippen LogP contribution < -0.4 is 15.2 Å². The van der Waals surface area contributed by atoms with Crippen molar-refractivity contribution in [2.75, 3.05) is 6.61 Å². The summed E-state index contributed by atoms with van der Waals surface area (Å²) in [5.41, 5.74) is 5.82. The van der Waals surface area contributed by atoms with Gasteiger partial charge in [0.15, 0.2) is 11.5 Å². The molecule has 2 rings (SSSR count). The minimum absolute atomic E-state index is 0.0681. The van der Waals surface area contributed by atoms with Gasteiger partial charge in [-0.3, -0.25) is 0 Å². The molecule has 82 valence electrons. The molecule has 3 N–H and O–H groups in total. The summed E-state index contributed by atoms with van der Waals surface area (Å²) >= 11 is 0. The van der Waals surface area contributed by atoms with Gasteiger partial charge in [-0.05, 0) is 6.07 Å². The molecule has 1 aliphatic heterocycles. The predicted octanol–water partition coefficient (Wildman–Crippen LogP) is 1.00. The van der Waals surface area contributed by atoms with E-state index in [4.69, 9.17) is 10.8 Å². The van der Waals surface area contributed by atoms with Gasteiger partial charge in [-0.25, -0.2) is 0 Å². The monoisotopic (exact) mass is 217 g/mol. The third kappa shape index (κ3) is 1.73. The molecule has 1 heterocycles. The SMILES string of the molecule is NC(CO)c1cccc2c1OC(F)(F)O2. The summed E-state index contributed by atoms with van der Waals surface area (Å²) in [5.74, 6) is -0.176. The Morgan fingerprint density at radius 3 is 2.80 bits per heavy atom. The summed E-state index contributed by atoms with van der Waals surface area (Å²) in [7, 11) is 0. The Bertz CT molecular complexity index is 384. The van der Waals surface area contributed by atoms with Gasteiger partial charge >= 0.3 is 6.29 Å². The number of hydrogen-bond acceptors (Lipinski definition) is 4. The molecule has 0 radical (unpaired) electrons. The quantitative estimate of drug-likeness (QED) is 0.775. The molecule has 0 saturated carbocycles. The molecular formula is C9H9F2NO3. The highest BCUT2D eigenvalue weighted by Gasteiger charge is 2.44. The Morgan fingerprint density at radius 1 is 1.40 bits per heavy atom. The number of benzene rings is 1. The van der Waals surface area contributed by atoms with Crippen LogP contribution in [-0.2, 0) is 0 Å². The van der Waals surface area contributed by atoms with Gasteiger partial charge in [0.25, 0.3) is 0 Å². The van der Waals surface area contributed by atoms with Crippen LogP contribution in [0.3, 0.4) is 0 Å². The second kappa shape index (κ2) is 3.32. The van der Waals surface area contributed by atoms with Crippen molar-refractivity contribution in [2.24, 2.45) is 5.73 Å². The van der Waals surface area contributed by atoms with Gasteiger partial charge in [0.1, 0.15) is 0 Å². The number of halogens is 2. The first-order chi connectivity index (χ1) is 7.03. The lowest BCUT2D eigenvalue weighted by molar-refractivity contribution is -0.287. The van der Waals surface area contributed by atoms with Crippen molar-refractivity contribution in [1.29, 1.82) is 0 Å². The van der Waals surface area contributed by atoms with Crippen molar-refractivity contribution >= 4 is 0 Å². The minimum Gasteiger partial charge on any atom is -0.395 e. The average Bonchev–Trinajstić information content (AvgIpc) is 2.49. The van der Waals surface area contributed by atoms with Crippen LogP contribution in [0.2, 0.25) is 0 Å². The summed E-state index contributed by atoms with van der Waals surface area (Å²) in [5, 5.41) is 8.84. The normalized spacial score (nSPS) is 18.9. The molecule has 0 fully saturated rings. The number of nitrogens with two attached hydrogens (primary N) is 1. The van der Waals surface area contributed by atoms with Crippen molar-refractivity contribution in [1.82, 2.24) is 0 Å². The molecule has 0 saturated heterocycles. The molecule has 0 spiro atoms. The second-order valence-electron chi connectivity index (χ2n) is 3.13. The molecule has 15 heavy (non-hydrogen) atoms. The van der Waals surface area contributed by atoms with Gasteiger partial charge in [-0.1, -0.05) is 12.1 Å². The first-order valence-corrected chi connectivity index (χ1v) is 4.28. The molecular weight excluding hydrogens is 208 g/mol. The molecule has 1 aliphatic rings. The minimum atomic E-state index is -3.66. The number of aliphatic hydroxyl groups is 1. The fraction of sp³-hybridized carbons (Fsp3) is 0.333. The van der Waals surface area contributed by atoms with Crippen LogP contribution in [0, 0.1) is 0 Å². The van der Waals surface area contributed by atoms with Crippen molar-refractivity contribution in [3.63, 3.8) is 0 Å². The van der Waals surface area contributed by atoms with E-state index in [1.165, 1.54) is 18.2 Å². The van der Waals surface area contributed by atoms with E-state index >= 15 is 0 Å². The molecule has 1 aromatic carbocycles. The summed E-state index contributed by atoms with van der Waals surface area (Å²) in [4.78, 5) is 0. The van der Waals surface area contributed by atoms with Crippen LogP contribution >= 0.6 is 0 Å². The summed E-state index contributed by atoms with van der Waals surface area (Å²) < 4.78 is 34.0. The molecule has 1 aromatic rings. The lowest BCUT2D eigenvalue weighted by atomic mass is 10.1. The predicted molar refractivity (Wildman–Crippen MR) is 46.7 cm³/mol. The van der Waals surface area contributed by atoms with E-state index in [0.717, 1.165) is 0 Å². The zero-order chi connectivity index (χ0) is 11.1. The van der Waals surface area contributed by atoms with E-state index in [2.05, 4.69) is 9.47 Å². The molecule has 1 unspecified atom stereocenters. The van der Waals surface area contributed by atoms with Crippen LogP contribution in [-0.4, -0.2) is 18.0 Å². The maximum Gasteiger partial charge on any atom is 0.586 e. The van der Waals surface area contributed by atoms with Crippen molar-refractivity contribution in [3.8, 4) is 11.5 Å². The van der Waals surface area contributed by atoms with Crippen LogP contribution in [0.25, 0.3) is 0 Å². The van der Waals surface area contributed by atoms with Crippen LogP contribution in [0.5, 0.6) is 11.5 Å². The molecule has 0 aliphatic carbocycles. The highest BCUT2D eigenvalue weighted by atomic mass is 19.3. The number of aliphatic hydroxyl groups excluding tert-OH is 1. The summed E-state index contributed by atoms with van der Waals surface area (Å²) in [6.45, 7) is -0.356. The van der Waals surface area contributed by atoms with Gasteiger partial charge in [-0.15, -0.1) is 8.78 Å². The third-order valence-electron chi connectivity index (χ3n) is 2.06. The first-order valence-electron chi connectivity index (χ1n) is 4.28. The number of ether oxygens (including phenoxy) is 2. The average molecular weight is 217 g/mol. The van der Waals surface area contributed by atoms with E-state index in [9.17, 15) is 8.78 Å². The Kier molecular flexibility index (Phi) is 2.24. The maximum atomic E-state index is 12.7. The highest BCUT2D eigenvalue weighted by Crippen LogP contribution is 2.44. The van der Waals surface area contributed by atoms with Crippen molar-refractivity contribution < 1.29 is 23.4 Å². The number of para-hydroxylation sites is 1. The van der Waals surface area contributed by atoms with E-state index < -0.39 is 12.3 Å². The fourth-order valence-electron chi connectivity index (χ4n) is 1.38. The molecule has 1 atom stereocenters. The molecule has 0 bridgehead atoms. The number of fused-ring (bicyclic) bond motifs is 1. The van der Waals surface area contributed by atoms with Gasteiger partial charge in [-0.2, -0.15) is 0 Å². The van der Waals surface area contributed by atoms with Crippen LogP contribution in [0.4, 0.5) is 8.78 Å². The molecule has 4 nitrogen and oxygen atoms in total. The molecule has 0 aromatic heterocycles. The zero-order valence-corrected chi connectivity index (χ0v) is 7.61. The van der Waals surface area contributed by atoms with Gasteiger partial charge in [0.05, 0.1) is 12.6 Å². The summed E-state index contributed by atoms with van der Waals surface area (Å²) in [6.07, 6.45) is -3.66. The van der Waals surface area contributed by atoms with Gasteiger partial charge in [0.2, 0.25) is 0 Å². The number of alkyl halides is 2. The summed E-state index contributed by atoms with van der Waals surface area (Å²) in [6, 6.07) is 3.60. The third-order valence-corrected chi connectivity index (χ3v) is 2.06. The Labute approximate surface area is 84.2 Å². The lowest BCUT2D eigenvalue weighted by Gasteiger charge is -2.11. The second-order valence-corrected chi connectivity index (χ2v) is 3.13. The van der Waals surface area contributed by atoms with E-state index in [1.807, 2.05) is 0 Å². The first kappa shape index (κ1) is 10.1. The smallest absolute Gasteiger partial charge is 0.395 e. The fourth-order valence-corrected chi connectivity index (χ4v) is 1.38. The van der Waals surface area contributed by atoms with E-state index in [1.54, 1.807) is 0 Å². The van der Waals surface area contributed by atoms with Gasteiger partial charge in [0, 0.05) is 5.56 Å². The maximum absolute atomic E-state index is 12.7. The molecule has 0 amide bonds.